The highest BCUT2D eigenvalue weighted by molar-refractivity contribution is 6.31. The molecule has 3 rings (SSSR count). The maximum atomic E-state index is 11.2. The molecule has 2 N–H and O–H groups in total. The van der Waals surface area contributed by atoms with Crippen LogP contribution in [0.4, 0.5) is 0 Å². The Bertz CT molecular complexity index is 856. The molecule has 0 fully saturated rings. The lowest BCUT2D eigenvalue weighted by atomic mass is 10.2. The minimum atomic E-state index is -0.464. The molecule has 0 atom stereocenters. The highest BCUT2D eigenvalue weighted by Crippen LogP contribution is 2.23. The summed E-state index contributed by atoms with van der Waals surface area (Å²) in [6.45, 7) is 2.58. The molecular weight excluding hydrogens is 328 g/mol. The van der Waals surface area contributed by atoms with E-state index in [4.69, 9.17) is 17.3 Å². The highest BCUT2D eigenvalue weighted by Gasteiger charge is 2.15. The number of aryl methyl sites for hydroxylation is 2. The van der Waals surface area contributed by atoms with E-state index in [1.807, 2.05) is 42.1 Å². The summed E-state index contributed by atoms with van der Waals surface area (Å²) in [5, 5.41) is 9.27. The minimum Gasteiger partial charge on any atom is -0.369 e. The van der Waals surface area contributed by atoms with E-state index in [1.165, 1.54) is 0 Å². The Morgan fingerprint density at radius 1 is 1.33 bits per heavy atom. The Hall–Kier alpha value is -2.67. The van der Waals surface area contributed by atoms with Crippen molar-refractivity contribution in [2.45, 2.75) is 26.3 Å². The molecule has 2 aromatic heterocycles. The van der Waals surface area contributed by atoms with Crippen LogP contribution < -0.4 is 5.73 Å². The van der Waals surface area contributed by atoms with Gasteiger partial charge < -0.3 is 5.73 Å². The van der Waals surface area contributed by atoms with Gasteiger partial charge in [0, 0.05) is 30.4 Å². The van der Waals surface area contributed by atoms with Gasteiger partial charge in [-0.2, -0.15) is 10.2 Å². The summed E-state index contributed by atoms with van der Waals surface area (Å²) in [6, 6.07) is 7.47. The zero-order valence-electron chi connectivity index (χ0n) is 13.2. The van der Waals surface area contributed by atoms with E-state index in [-0.39, 0.29) is 6.42 Å². The summed E-state index contributed by atoms with van der Waals surface area (Å²) >= 11 is 6.22. The van der Waals surface area contributed by atoms with Gasteiger partial charge in [-0.3, -0.25) is 9.48 Å². The molecule has 2 heterocycles. The summed E-state index contributed by atoms with van der Waals surface area (Å²) in [4.78, 5) is 15.7. The first-order valence-corrected chi connectivity index (χ1v) is 7.88. The largest absolute Gasteiger partial charge is 0.369 e. The van der Waals surface area contributed by atoms with Gasteiger partial charge in [0.15, 0.2) is 5.82 Å². The van der Waals surface area contributed by atoms with Gasteiger partial charge in [-0.1, -0.05) is 17.7 Å². The van der Waals surface area contributed by atoms with Crippen LogP contribution >= 0.6 is 11.6 Å². The van der Waals surface area contributed by atoms with Crippen molar-refractivity contribution in [1.82, 2.24) is 24.5 Å². The summed E-state index contributed by atoms with van der Waals surface area (Å²) in [7, 11) is 0. The third-order valence-corrected chi connectivity index (χ3v) is 4.05. The predicted molar refractivity (Wildman–Crippen MR) is 89.9 cm³/mol. The third-order valence-electron chi connectivity index (χ3n) is 3.64. The molecule has 0 unspecified atom stereocenters. The number of aromatic nitrogens is 5. The standard InChI is InChI=1S/C16H17ClN6O/c1-11-12(17)4-2-5-13(11)23-16(6-9-22-8-3-7-19-22)20-15(21-23)10-14(18)24/h2-5,7-8H,6,9-10H2,1H3,(H2,18,24). The van der Waals surface area contributed by atoms with Gasteiger partial charge in [-0.05, 0) is 30.7 Å². The van der Waals surface area contributed by atoms with Crippen LogP contribution in [0.3, 0.4) is 0 Å². The van der Waals surface area contributed by atoms with Crippen LogP contribution in [0.5, 0.6) is 0 Å². The van der Waals surface area contributed by atoms with Crippen molar-refractivity contribution in [3.05, 3.63) is 58.9 Å². The fourth-order valence-electron chi connectivity index (χ4n) is 2.45. The van der Waals surface area contributed by atoms with Gasteiger partial charge in [0.25, 0.3) is 0 Å². The zero-order chi connectivity index (χ0) is 17.1. The van der Waals surface area contributed by atoms with Crippen LogP contribution in [0, 0.1) is 6.92 Å². The number of amides is 1. The van der Waals surface area contributed by atoms with Crippen LogP contribution in [-0.4, -0.2) is 30.5 Å². The van der Waals surface area contributed by atoms with Gasteiger partial charge in [0.1, 0.15) is 5.82 Å². The number of benzene rings is 1. The van der Waals surface area contributed by atoms with Gasteiger partial charge >= 0.3 is 0 Å². The molecule has 0 aliphatic rings. The number of rotatable bonds is 6. The van der Waals surface area contributed by atoms with Crippen LogP contribution in [-0.2, 0) is 24.2 Å². The van der Waals surface area contributed by atoms with E-state index < -0.39 is 5.91 Å². The third kappa shape index (κ3) is 3.46. The molecule has 1 amide bonds. The van der Waals surface area contributed by atoms with E-state index in [2.05, 4.69) is 15.2 Å². The fourth-order valence-corrected chi connectivity index (χ4v) is 2.62. The summed E-state index contributed by atoms with van der Waals surface area (Å²) in [5.74, 6) is 0.665. The number of nitrogens with two attached hydrogens (primary N) is 1. The molecule has 24 heavy (non-hydrogen) atoms. The second kappa shape index (κ2) is 6.84. The molecule has 0 aliphatic carbocycles. The fraction of sp³-hybridized carbons (Fsp3) is 0.250. The SMILES string of the molecule is Cc1c(Cl)cccc1-n1nc(CC(N)=O)nc1CCn1cccn1. The number of hydrogen-bond acceptors (Lipinski definition) is 4. The molecule has 0 bridgehead atoms. The predicted octanol–water partition coefficient (Wildman–Crippen LogP) is 1.70. The monoisotopic (exact) mass is 344 g/mol. The van der Waals surface area contributed by atoms with Crippen LogP contribution in [0.2, 0.25) is 5.02 Å². The van der Waals surface area contributed by atoms with Gasteiger partial charge in [-0.25, -0.2) is 9.67 Å². The average Bonchev–Trinajstić information content (AvgIpc) is 3.17. The van der Waals surface area contributed by atoms with E-state index in [9.17, 15) is 4.79 Å². The summed E-state index contributed by atoms with van der Waals surface area (Å²) in [6.07, 6.45) is 4.22. The second-order valence-electron chi connectivity index (χ2n) is 5.40. The number of halogens is 1. The topological polar surface area (TPSA) is 91.6 Å². The Kier molecular flexibility index (Phi) is 4.61. The van der Waals surface area contributed by atoms with Crippen LogP contribution in [0.1, 0.15) is 17.2 Å². The summed E-state index contributed by atoms with van der Waals surface area (Å²) in [5.41, 5.74) is 7.00. The molecule has 124 valence electrons. The highest BCUT2D eigenvalue weighted by atomic mass is 35.5. The van der Waals surface area contributed by atoms with Crippen molar-refractivity contribution in [3.63, 3.8) is 0 Å². The Labute approximate surface area is 144 Å². The molecule has 1 aromatic carbocycles. The van der Waals surface area contributed by atoms with Gasteiger partial charge in [0.2, 0.25) is 5.91 Å². The van der Waals surface area contributed by atoms with Crippen molar-refractivity contribution in [3.8, 4) is 5.69 Å². The molecule has 0 saturated carbocycles. The van der Waals surface area contributed by atoms with Crippen molar-refractivity contribution in [2.24, 2.45) is 5.73 Å². The number of hydrogen-bond donors (Lipinski definition) is 1. The Balaban J connectivity index is 1.97. The lowest BCUT2D eigenvalue weighted by Crippen LogP contribution is -2.14. The second-order valence-corrected chi connectivity index (χ2v) is 5.81. The molecule has 3 aromatic rings. The molecule has 7 nitrogen and oxygen atoms in total. The zero-order valence-corrected chi connectivity index (χ0v) is 13.9. The lowest BCUT2D eigenvalue weighted by Gasteiger charge is -2.10. The first-order valence-electron chi connectivity index (χ1n) is 7.50. The number of primary amides is 1. The smallest absolute Gasteiger partial charge is 0.225 e. The average molecular weight is 345 g/mol. The minimum absolute atomic E-state index is 0.00137. The summed E-state index contributed by atoms with van der Waals surface area (Å²) < 4.78 is 3.54. The van der Waals surface area contributed by atoms with Crippen LogP contribution in [0.15, 0.2) is 36.7 Å². The molecular formula is C16H17ClN6O. The van der Waals surface area contributed by atoms with E-state index in [1.54, 1.807) is 10.9 Å². The maximum absolute atomic E-state index is 11.2. The lowest BCUT2D eigenvalue weighted by molar-refractivity contribution is -0.117. The maximum Gasteiger partial charge on any atom is 0.225 e. The number of nitrogens with zero attached hydrogens (tertiary/aromatic N) is 5. The van der Waals surface area contributed by atoms with Gasteiger partial charge in [0.05, 0.1) is 12.1 Å². The first-order chi connectivity index (χ1) is 11.5. The Morgan fingerprint density at radius 3 is 2.88 bits per heavy atom. The van der Waals surface area contributed by atoms with Crippen molar-refractivity contribution in [2.75, 3.05) is 0 Å². The molecule has 0 aliphatic heterocycles. The van der Waals surface area contributed by atoms with Crippen LogP contribution in [0.25, 0.3) is 5.69 Å². The Morgan fingerprint density at radius 2 is 2.17 bits per heavy atom. The molecule has 0 radical (unpaired) electrons. The van der Waals surface area contributed by atoms with Crippen molar-refractivity contribution in [1.29, 1.82) is 0 Å². The first kappa shape index (κ1) is 16.2. The van der Waals surface area contributed by atoms with Crippen molar-refractivity contribution >= 4 is 17.5 Å². The normalized spacial score (nSPS) is 10.9. The molecule has 8 heteroatoms. The van der Waals surface area contributed by atoms with E-state index >= 15 is 0 Å². The van der Waals surface area contributed by atoms with Crippen molar-refractivity contribution < 1.29 is 4.79 Å². The number of carbonyl (C=O) groups excluding carboxylic acids is 1. The quantitative estimate of drug-likeness (QED) is 0.736. The van der Waals surface area contributed by atoms with Gasteiger partial charge in [-0.15, -0.1) is 0 Å². The molecule has 0 spiro atoms. The number of carbonyl (C=O) groups is 1. The molecule has 0 saturated heterocycles. The van der Waals surface area contributed by atoms with E-state index in [0.29, 0.717) is 23.8 Å². The van der Waals surface area contributed by atoms with E-state index in [0.717, 1.165) is 17.1 Å².